The molecule has 4 aromatic carbocycles. The van der Waals surface area contributed by atoms with E-state index in [1.807, 2.05) is 51.8 Å². The van der Waals surface area contributed by atoms with Crippen LogP contribution in [0.4, 0.5) is 8.78 Å². The average Bonchev–Trinajstić information content (AvgIpc) is 4.02. The number of carboxylic acid groups (broad SMARTS) is 1. The molecule has 4 aliphatic rings. The second-order valence-electron chi connectivity index (χ2n) is 18.8. The first-order valence-electron chi connectivity index (χ1n) is 25.3. The maximum absolute atomic E-state index is 13.2. The number of ether oxygens (including phenoxy) is 2. The second-order valence-corrected chi connectivity index (χ2v) is 18.8. The molecule has 17 heteroatoms. The lowest BCUT2D eigenvalue weighted by atomic mass is 9.79. The van der Waals surface area contributed by atoms with Gasteiger partial charge in [0.1, 0.15) is 69.1 Å². The van der Waals surface area contributed by atoms with E-state index in [-0.39, 0.29) is 23.5 Å². The molecule has 0 spiro atoms. The number of halogens is 2. The van der Waals surface area contributed by atoms with Crippen LogP contribution in [-0.2, 0) is 22.7 Å². The Hall–Kier alpha value is -8.28. The van der Waals surface area contributed by atoms with E-state index in [2.05, 4.69) is 27.6 Å². The van der Waals surface area contributed by atoms with Crippen molar-refractivity contribution in [2.75, 3.05) is 26.2 Å². The van der Waals surface area contributed by atoms with Crippen molar-refractivity contribution < 1.29 is 42.5 Å². The number of carbonyl (C=O) groups excluding carboxylic acids is 3. The van der Waals surface area contributed by atoms with E-state index in [1.54, 1.807) is 43.3 Å². The van der Waals surface area contributed by atoms with E-state index in [0.717, 1.165) is 93.8 Å². The van der Waals surface area contributed by atoms with Gasteiger partial charge < -0.3 is 45.4 Å². The van der Waals surface area contributed by atoms with Crippen molar-refractivity contribution in [2.45, 2.75) is 90.1 Å². The first-order valence-corrected chi connectivity index (χ1v) is 25.3. The highest BCUT2D eigenvalue weighted by molar-refractivity contribution is 5.98. The number of imidazole rings is 2. The van der Waals surface area contributed by atoms with E-state index in [4.69, 9.17) is 36.0 Å². The molecule has 0 saturated carbocycles. The van der Waals surface area contributed by atoms with E-state index >= 15 is 0 Å². The zero-order valence-corrected chi connectivity index (χ0v) is 42.0. The Morgan fingerprint density at radius 3 is 1.32 bits per heavy atom. The number of aromatic nitrogens is 4. The quantitative estimate of drug-likeness (QED) is 0.0956. The van der Waals surface area contributed by atoms with E-state index in [0.29, 0.717) is 83.2 Å². The lowest BCUT2D eigenvalue weighted by Gasteiger charge is -2.37. The highest BCUT2D eigenvalue weighted by atomic mass is 19.1. The maximum Gasteiger partial charge on any atom is 0.381 e. The Morgan fingerprint density at radius 1 is 0.573 bits per heavy atom. The molecule has 6 aromatic rings. The van der Waals surface area contributed by atoms with Crippen molar-refractivity contribution in [1.82, 2.24) is 29.3 Å². The summed E-state index contributed by atoms with van der Waals surface area (Å²) in [5.41, 5.74) is 15.4. The van der Waals surface area contributed by atoms with Gasteiger partial charge in [0.15, 0.2) is 0 Å². The molecule has 0 bridgehead atoms. The average molecular weight is 1020 g/mol. The number of hydrogen-bond donors (Lipinski definition) is 4. The minimum absolute atomic E-state index is 0.115. The van der Waals surface area contributed by atoms with Gasteiger partial charge in [-0.25, -0.2) is 23.5 Å². The third kappa shape index (κ3) is 12.9. The summed E-state index contributed by atoms with van der Waals surface area (Å²) in [6.45, 7) is 8.06. The highest BCUT2D eigenvalue weighted by Crippen LogP contribution is 2.43. The van der Waals surface area contributed by atoms with Crippen molar-refractivity contribution in [1.29, 1.82) is 0 Å². The van der Waals surface area contributed by atoms with Crippen LogP contribution in [-0.4, -0.2) is 79.0 Å². The molecule has 10 rings (SSSR count). The third-order valence-electron chi connectivity index (χ3n) is 14.1. The number of rotatable bonds is 10. The Bertz CT molecular complexity index is 3120. The normalized spacial score (nSPS) is 17.1. The van der Waals surface area contributed by atoms with Crippen LogP contribution in [0.1, 0.15) is 110 Å². The fraction of sp³-hybridized carbons (Fsp3) is 0.345. The number of aliphatic carboxylic acids is 1. The summed E-state index contributed by atoms with van der Waals surface area (Å²) >= 11 is 0. The molecule has 15 nitrogen and oxygen atoms in total. The van der Waals surface area contributed by atoms with E-state index in [1.165, 1.54) is 31.2 Å². The number of benzene rings is 4. The van der Waals surface area contributed by atoms with Crippen LogP contribution in [0.15, 0.2) is 97.1 Å². The summed E-state index contributed by atoms with van der Waals surface area (Å²) in [6.07, 6.45) is 8.09. The fourth-order valence-corrected chi connectivity index (χ4v) is 10.6. The lowest BCUT2D eigenvalue weighted by molar-refractivity contribution is -0.130. The minimum Gasteiger partial charge on any atom is -0.472 e. The van der Waals surface area contributed by atoms with Crippen LogP contribution in [0, 0.1) is 47.2 Å². The van der Waals surface area contributed by atoms with Gasteiger partial charge in [-0.05, 0) is 193 Å². The molecule has 2 atom stereocenters. The summed E-state index contributed by atoms with van der Waals surface area (Å²) in [5.74, 6) is 12.4. The molecule has 2 fully saturated rings. The third-order valence-corrected chi connectivity index (χ3v) is 14.1. The predicted octanol–water partition coefficient (Wildman–Crippen LogP) is 9.27. The predicted molar refractivity (Wildman–Crippen MR) is 279 cm³/mol. The Morgan fingerprint density at radius 2 is 0.960 bits per heavy atom. The molecule has 2 unspecified atom stereocenters. The highest BCUT2D eigenvalue weighted by Gasteiger charge is 2.37. The second kappa shape index (κ2) is 24.6. The van der Waals surface area contributed by atoms with Crippen molar-refractivity contribution in [3.05, 3.63) is 132 Å². The fourth-order valence-electron chi connectivity index (χ4n) is 10.6. The monoisotopic (exact) mass is 1020 g/mol. The van der Waals surface area contributed by atoms with Gasteiger partial charge in [0.25, 0.3) is 17.7 Å². The number of likely N-dealkylation sites (tertiary alicyclic amines) is 1. The Kier molecular flexibility index (Phi) is 17.4. The van der Waals surface area contributed by atoms with Gasteiger partial charge >= 0.3 is 5.97 Å². The molecule has 6 N–H and O–H groups in total. The number of amides is 3. The van der Waals surface area contributed by atoms with Gasteiger partial charge in [0, 0.05) is 55.1 Å². The molecule has 388 valence electrons. The SMILES string of the molecule is CC#CC(=O)N1CCC(C2CCCn3c2nc(-c2ccc(Oc4ccc(F)cc4)cc2)c3C(N)=O)CC1.CC#CC(=O)O.NC(=O)c1c(-c2ccc(Oc3ccc(F)cc3)cc2)nc2n1CCCC2C1CCNCC1. The summed E-state index contributed by atoms with van der Waals surface area (Å²) in [7, 11) is 0. The van der Waals surface area contributed by atoms with Crippen LogP contribution < -0.4 is 26.3 Å². The van der Waals surface area contributed by atoms with Gasteiger partial charge in [-0.15, -0.1) is 0 Å². The number of nitrogens with zero attached hydrogens (tertiary/aromatic N) is 5. The van der Waals surface area contributed by atoms with Crippen LogP contribution in [0.5, 0.6) is 23.0 Å². The largest absolute Gasteiger partial charge is 0.472 e. The van der Waals surface area contributed by atoms with Gasteiger partial charge in [-0.1, -0.05) is 11.8 Å². The topological polar surface area (TPSA) is 210 Å². The molecule has 6 heterocycles. The summed E-state index contributed by atoms with van der Waals surface area (Å²) < 4.78 is 41.9. The molecule has 0 radical (unpaired) electrons. The maximum atomic E-state index is 13.2. The van der Waals surface area contributed by atoms with Crippen molar-refractivity contribution >= 4 is 23.7 Å². The van der Waals surface area contributed by atoms with Gasteiger partial charge in [0.05, 0.1) is 0 Å². The summed E-state index contributed by atoms with van der Waals surface area (Å²) in [6, 6.07) is 26.4. The molecule has 2 aromatic heterocycles. The number of primary amides is 2. The molecule has 0 aliphatic carbocycles. The van der Waals surface area contributed by atoms with Gasteiger partial charge in [-0.2, -0.15) is 0 Å². The van der Waals surface area contributed by atoms with E-state index in [9.17, 15) is 28.0 Å². The number of nitrogens with two attached hydrogens (primary N) is 2. The van der Waals surface area contributed by atoms with Crippen molar-refractivity contribution in [3.8, 4) is 69.2 Å². The summed E-state index contributed by atoms with van der Waals surface area (Å²) in [5, 5.41) is 11.2. The van der Waals surface area contributed by atoms with E-state index < -0.39 is 17.8 Å². The number of carbonyl (C=O) groups is 4. The summed E-state index contributed by atoms with van der Waals surface area (Å²) in [4.78, 5) is 58.4. The van der Waals surface area contributed by atoms with Gasteiger partial charge in [-0.3, -0.25) is 14.4 Å². The first kappa shape index (κ1) is 53.0. The Balaban J connectivity index is 0.000000181. The first-order chi connectivity index (χ1) is 36.3. The number of nitrogens with one attached hydrogen (secondary N) is 1. The molecule has 2 saturated heterocycles. The van der Waals surface area contributed by atoms with Gasteiger partial charge in [0.2, 0.25) is 0 Å². The molecule has 4 aliphatic heterocycles. The Labute approximate surface area is 434 Å². The zero-order valence-electron chi connectivity index (χ0n) is 42.0. The lowest BCUT2D eigenvalue weighted by Crippen LogP contribution is -2.40. The van der Waals surface area contributed by atoms with Crippen molar-refractivity contribution in [2.24, 2.45) is 23.3 Å². The standard InChI is InChI=1S/C29H29FN4O3.C25H27FN4O2.C4H4O2/c1-2-4-25(35)33-17-14-19(15-18-33)24-5-3-16-34-27(28(31)36)26(32-29(24)34)20-6-10-22(11-7-20)37-23-12-8-21(30)9-13-23;26-18-5-9-20(10-6-18)32-19-7-3-17(4-8-19)22-23(24(27)31)30-15-1-2-21(25(30)29-22)16-11-13-28-14-12-16;1-2-3-4(5)6/h6-13,19,24H,3,5,14-18H2,1H3,(H2,31,36);3-10,16,21,28H,1-2,11-15H2,(H2,27,31);1H3,(H,5,6). The minimum atomic E-state index is -1.07. The molecular formula is C58H60F2N8O7. The molecule has 3 amide bonds. The molecular weight excluding hydrogens is 959 g/mol. The molecule has 75 heavy (non-hydrogen) atoms. The van der Waals surface area contributed by atoms with Crippen LogP contribution in [0.3, 0.4) is 0 Å². The van der Waals surface area contributed by atoms with Crippen LogP contribution in [0.2, 0.25) is 0 Å². The number of carboxylic acids is 1. The van der Waals surface area contributed by atoms with Crippen molar-refractivity contribution in [3.63, 3.8) is 0 Å². The van der Waals surface area contributed by atoms with Crippen LogP contribution in [0.25, 0.3) is 22.5 Å². The number of fused-ring (bicyclic) bond motifs is 2. The van der Waals surface area contributed by atoms with Crippen LogP contribution >= 0.6 is 0 Å². The number of hydrogen-bond acceptors (Lipinski definition) is 9. The number of piperidine rings is 2. The smallest absolute Gasteiger partial charge is 0.381 e. The zero-order chi connectivity index (χ0) is 53.0.